The fraction of sp³-hybridized carbons (Fsp3) is 0.412. The van der Waals surface area contributed by atoms with Gasteiger partial charge in [0.25, 0.3) is 5.91 Å². The Kier molecular flexibility index (Phi) is 4.80. The van der Waals surface area contributed by atoms with Crippen LogP contribution in [0.3, 0.4) is 0 Å². The highest BCUT2D eigenvalue weighted by Gasteiger charge is 2.29. The van der Waals surface area contributed by atoms with Gasteiger partial charge in [0.15, 0.2) is 12.4 Å². The Hall–Kier alpha value is -2.50. The highest BCUT2D eigenvalue weighted by molar-refractivity contribution is 5.78. The fourth-order valence-corrected chi connectivity index (χ4v) is 2.75. The summed E-state index contributed by atoms with van der Waals surface area (Å²) in [5.41, 5.74) is 0. The minimum atomic E-state index is -0.00647. The van der Waals surface area contributed by atoms with Crippen molar-refractivity contribution < 1.29 is 14.3 Å². The topological polar surface area (TPSA) is 56.6 Å². The van der Waals surface area contributed by atoms with Gasteiger partial charge in [-0.05, 0) is 25.0 Å². The minimum absolute atomic E-state index is 0.00647. The van der Waals surface area contributed by atoms with Gasteiger partial charge in [0.2, 0.25) is 0 Å². The molecule has 1 aliphatic rings. The van der Waals surface area contributed by atoms with Crippen LogP contribution in [0.25, 0.3) is 0 Å². The van der Waals surface area contributed by atoms with Crippen molar-refractivity contribution in [3.8, 4) is 11.5 Å². The van der Waals surface area contributed by atoms with Crippen molar-refractivity contribution in [1.29, 1.82) is 0 Å². The number of aromatic nitrogens is 2. The highest BCUT2D eigenvalue weighted by atomic mass is 16.5. The zero-order valence-corrected chi connectivity index (χ0v) is 13.2. The van der Waals surface area contributed by atoms with Gasteiger partial charge in [0, 0.05) is 13.6 Å². The van der Waals surface area contributed by atoms with E-state index in [4.69, 9.17) is 9.47 Å². The number of hydrogen-bond acceptors (Lipinski definition) is 4. The zero-order chi connectivity index (χ0) is 16.1. The molecule has 6 heteroatoms. The lowest BCUT2D eigenvalue weighted by Crippen LogP contribution is -2.41. The van der Waals surface area contributed by atoms with E-state index in [-0.39, 0.29) is 18.6 Å². The van der Waals surface area contributed by atoms with Crippen molar-refractivity contribution in [3.63, 3.8) is 0 Å². The number of para-hydroxylation sites is 1. The van der Waals surface area contributed by atoms with Crippen molar-refractivity contribution in [3.05, 3.63) is 42.7 Å². The van der Waals surface area contributed by atoms with E-state index in [1.54, 1.807) is 17.1 Å². The number of likely N-dealkylation sites (tertiary alicyclic amines) is 1. The molecule has 1 aliphatic heterocycles. The molecule has 0 unspecified atom stereocenters. The van der Waals surface area contributed by atoms with E-state index < -0.39 is 0 Å². The lowest BCUT2D eigenvalue weighted by molar-refractivity contribution is -0.134. The second-order valence-electron chi connectivity index (χ2n) is 5.65. The Bertz CT molecular complexity index is 642. The average Bonchev–Trinajstić information content (AvgIpc) is 3.20. The number of aryl methyl sites for hydroxylation is 1. The first-order valence-electron chi connectivity index (χ1n) is 7.81. The molecule has 1 aromatic carbocycles. The zero-order valence-electron chi connectivity index (χ0n) is 13.2. The molecule has 0 radical (unpaired) electrons. The molecule has 1 fully saturated rings. The lowest BCUT2D eigenvalue weighted by atomic mass is 10.2. The van der Waals surface area contributed by atoms with Crippen LogP contribution in [0.15, 0.2) is 42.7 Å². The molecule has 23 heavy (non-hydrogen) atoms. The molecule has 1 saturated heterocycles. The summed E-state index contributed by atoms with van der Waals surface area (Å²) in [6.45, 7) is 1.31. The van der Waals surface area contributed by atoms with E-state index in [1.807, 2.05) is 42.3 Å². The normalized spacial score (nSPS) is 17.3. The van der Waals surface area contributed by atoms with E-state index in [2.05, 4.69) is 5.10 Å². The van der Waals surface area contributed by atoms with Gasteiger partial charge in [0.05, 0.1) is 18.4 Å². The van der Waals surface area contributed by atoms with Crippen LogP contribution < -0.4 is 9.47 Å². The molecule has 2 heterocycles. The van der Waals surface area contributed by atoms with Crippen LogP contribution in [0.5, 0.6) is 11.5 Å². The Labute approximate surface area is 135 Å². The maximum atomic E-state index is 12.4. The summed E-state index contributed by atoms with van der Waals surface area (Å²) in [6, 6.07) is 9.79. The van der Waals surface area contributed by atoms with E-state index in [0.29, 0.717) is 12.4 Å². The highest BCUT2D eigenvalue weighted by Crippen LogP contribution is 2.19. The second kappa shape index (κ2) is 7.17. The Morgan fingerprint density at radius 2 is 2.09 bits per heavy atom. The number of amides is 1. The van der Waals surface area contributed by atoms with Gasteiger partial charge in [-0.3, -0.25) is 9.48 Å². The first kappa shape index (κ1) is 15.4. The Balaban J connectivity index is 1.50. The van der Waals surface area contributed by atoms with Crippen molar-refractivity contribution in [2.75, 3.05) is 19.8 Å². The summed E-state index contributed by atoms with van der Waals surface area (Å²) in [7, 11) is 1.81. The van der Waals surface area contributed by atoms with Gasteiger partial charge in [-0.2, -0.15) is 5.10 Å². The van der Waals surface area contributed by atoms with Gasteiger partial charge in [-0.1, -0.05) is 18.2 Å². The molecule has 6 nitrogen and oxygen atoms in total. The largest absolute Gasteiger partial charge is 0.491 e. The molecule has 0 bridgehead atoms. The number of nitrogens with zero attached hydrogens (tertiary/aromatic N) is 3. The molecule has 1 aromatic heterocycles. The molecule has 0 N–H and O–H groups in total. The summed E-state index contributed by atoms with van der Waals surface area (Å²) in [5.74, 6) is 1.43. The SMILES string of the molecule is Cn1cc(OCC(=O)N2CCC[C@H]2COc2ccccc2)cn1. The first-order valence-corrected chi connectivity index (χ1v) is 7.81. The fourth-order valence-electron chi connectivity index (χ4n) is 2.75. The van der Waals surface area contributed by atoms with Crippen LogP contribution in [0, 0.1) is 0 Å². The summed E-state index contributed by atoms with van der Waals surface area (Å²) >= 11 is 0. The molecule has 0 saturated carbocycles. The van der Waals surface area contributed by atoms with Gasteiger partial charge in [0.1, 0.15) is 12.4 Å². The van der Waals surface area contributed by atoms with Gasteiger partial charge in [-0.25, -0.2) is 0 Å². The molecular formula is C17H21N3O3. The predicted molar refractivity (Wildman–Crippen MR) is 85.4 cm³/mol. The summed E-state index contributed by atoms with van der Waals surface area (Å²) in [6.07, 6.45) is 5.31. The lowest BCUT2D eigenvalue weighted by Gasteiger charge is -2.24. The molecule has 0 spiro atoms. The third kappa shape index (κ3) is 4.03. The van der Waals surface area contributed by atoms with Crippen LogP contribution in [0.1, 0.15) is 12.8 Å². The van der Waals surface area contributed by atoms with Crippen molar-refractivity contribution in [2.24, 2.45) is 7.05 Å². The van der Waals surface area contributed by atoms with Gasteiger partial charge >= 0.3 is 0 Å². The summed E-state index contributed by atoms with van der Waals surface area (Å²) in [5, 5.41) is 4.02. The molecule has 0 aliphatic carbocycles. The Morgan fingerprint density at radius 1 is 1.26 bits per heavy atom. The van der Waals surface area contributed by atoms with Gasteiger partial charge in [-0.15, -0.1) is 0 Å². The average molecular weight is 315 g/mol. The number of ether oxygens (including phenoxy) is 2. The van der Waals surface area contributed by atoms with Crippen LogP contribution in [0.4, 0.5) is 0 Å². The molecular weight excluding hydrogens is 294 g/mol. The van der Waals surface area contributed by atoms with Crippen LogP contribution in [-0.4, -0.2) is 46.4 Å². The van der Waals surface area contributed by atoms with E-state index in [0.717, 1.165) is 25.1 Å². The third-order valence-electron chi connectivity index (χ3n) is 3.93. The third-order valence-corrected chi connectivity index (χ3v) is 3.93. The molecule has 2 aromatic rings. The van der Waals surface area contributed by atoms with Crippen LogP contribution >= 0.6 is 0 Å². The summed E-state index contributed by atoms with van der Waals surface area (Å²) < 4.78 is 12.9. The molecule has 1 atom stereocenters. The maximum Gasteiger partial charge on any atom is 0.260 e. The van der Waals surface area contributed by atoms with Crippen LogP contribution in [0.2, 0.25) is 0 Å². The quantitative estimate of drug-likeness (QED) is 0.816. The monoisotopic (exact) mass is 315 g/mol. The molecule has 3 rings (SSSR count). The predicted octanol–water partition coefficient (Wildman–Crippen LogP) is 1.87. The van der Waals surface area contributed by atoms with E-state index in [9.17, 15) is 4.79 Å². The van der Waals surface area contributed by atoms with E-state index in [1.165, 1.54) is 0 Å². The number of rotatable bonds is 6. The van der Waals surface area contributed by atoms with E-state index >= 15 is 0 Å². The number of carbonyl (C=O) groups excluding carboxylic acids is 1. The van der Waals surface area contributed by atoms with Crippen molar-refractivity contribution in [1.82, 2.24) is 14.7 Å². The number of carbonyl (C=O) groups is 1. The molecule has 122 valence electrons. The smallest absolute Gasteiger partial charge is 0.260 e. The number of hydrogen-bond donors (Lipinski definition) is 0. The van der Waals surface area contributed by atoms with Crippen LogP contribution in [-0.2, 0) is 11.8 Å². The Morgan fingerprint density at radius 3 is 2.83 bits per heavy atom. The van der Waals surface area contributed by atoms with Crippen molar-refractivity contribution >= 4 is 5.91 Å². The number of benzene rings is 1. The standard InChI is InChI=1S/C17H21N3O3/c1-19-11-16(10-18-19)23-13-17(21)20-9-5-6-14(20)12-22-15-7-3-2-4-8-15/h2-4,7-8,10-11,14H,5-6,9,12-13H2,1H3/t14-/m0/s1. The maximum absolute atomic E-state index is 12.4. The first-order chi connectivity index (χ1) is 11.2. The van der Waals surface area contributed by atoms with Gasteiger partial charge < -0.3 is 14.4 Å². The molecule has 1 amide bonds. The van der Waals surface area contributed by atoms with Crippen molar-refractivity contribution in [2.45, 2.75) is 18.9 Å². The summed E-state index contributed by atoms with van der Waals surface area (Å²) in [4.78, 5) is 14.2. The minimum Gasteiger partial charge on any atom is -0.491 e. The second-order valence-corrected chi connectivity index (χ2v) is 5.65.